The summed E-state index contributed by atoms with van der Waals surface area (Å²) in [7, 11) is 0. The van der Waals surface area contributed by atoms with Gasteiger partial charge in [0.15, 0.2) is 5.60 Å². The number of ether oxygens (including phenoxy) is 2. The Balaban J connectivity index is 1.96. The summed E-state index contributed by atoms with van der Waals surface area (Å²) in [6.07, 6.45) is 9.32. The molecule has 1 fully saturated rings. The third-order valence-electron chi connectivity index (χ3n) is 3.15. The lowest BCUT2D eigenvalue weighted by molar-refractivity contribution is 0.000984. The normalized spacial score (nSPS) is 17.5. The predicted octanol–water partition coefficient (Wildman–Crippen LogP) is 3.54. The van der Waals surface area contributed by atoms with E-state index in [4.69, 9.17) is 15.9 Å². The van der Waals surface area contributed by atoms with Gasteiger partial charge in [-0.2, -0.15) is 0 Å². The Morgan fingerprint density at radius 1 is 1.17 bits per heavy atom. The Hall–Kier alpha value is -1.95. The van der Waals surface area contributed by atoms with Gasteiger partial charge in [0.25, 0.3) is 0 Å². The summed E-state index contributed by atoms with van der Waals surface area (Å²) in [4.78, 5) is 11.7. The summed E-state index contributed by atoms with van der Waals surface area (Å²) < 4.78 is 10.4. The van der Waals surface area contributed by atoms with Crippen molar-refractivity contribution in [2.75, 3.05) is 0 Å². The van der Waals surface area contributed by atoms with E-state index >= 15 is 0 Å². The van der Waals surface area contributed by atoms with Crippen LogP contribution in [0.15, 0.2) is 30.3 Å². The molecule has 0 aromatic heterocycles. The van der Waals surface area contributed by atoms with E-state index in [1.807, 2.05) is 6.07 Å². The molecule has 0 N–H and O–H groups in total. The molecule has 0 bridgehead atoms. The van der Waals surface area contributed by atoms with Crippen molar-refractivity contribution in [3.05, 3.63) is 30.3 Å². The van der Waals surface area contributed by atoms with Crippen molar-refractivity contribution < 1.29 is 14.3 Å². The number of hydrogen-bond acceptors (Lipinski definition) is 3. The number of para-hydroxylation sites is 1. The topological polar surface area (TPSA) is 35.5 Å². The molecule has 0 aliphatic heterocycles. The lowest BCUT2D eigenvalue weighted by Crippen LogP contribution is -2.36. The first-order valence-electron chi connectivity index (χ1n) is 6.18. The van der Waals surface area contributed by atoms with Gasteiger partial charge < -0.3 is 9.47 Å². The van der Waals surface area contributed by atoms with Crippen LogP contribution in [0, 0.1) is 12.3 Å². The molecule has 94 valence electrons. The fourth-order valence-corrected chi connectivity index (χ4v) is 2.16. The highest BCUT2D eigenvalue weighted by atomic mass is 16.7. The molecule has 1 aromatic rings. The van der Waals surface area contributed by atoms with Gasteiger partial charge in [-0.3, -0.25) is 0 Å². The van der Waals surface area contributed by atoms with Gasteiger partial charge in [-0.1, -0.05) is 30.5 Å². The molecule has 0 atom stereocenters. The molecule has 1 aromatic carbocycles. The Bertz CT molecular complexity index is 439. The van der Waals surface area contributed by atoms with Gasteiger partial charge in [0.2, 0.25) is 0 Å². The van der Waals surface area contributed by atoms with Crippen LogP contribution in [0.5, 0.6) is 5.75 Å². The van der Waals surface area contributed by atoms with Crippen molar-refractivity contribution in [1.29, 1.82) is 0 Å². The maximum Gasteiger partial charge on any atom is 0.515 e. The third-order valence-corrected chi connectivity index (χ3v) is 3.15. The van der Waals surface area contributed by atoms with Gasteiger partial charge in [0.1, 0.15) is 5.75 Å². The van der Waals surface area contributed by atoms with E-state index in [1.165, 1.54) is 0 Å². The van der Waals surface area contributed by atoms with Gasteiger partial charge in [0.05, 0.1) is 0 Å². The van der Waals surface area contributed by atoms with E-state index in [0.29, 0.717) is 18.6 Å². The lowest BCUT2D eigenvalue weighted by Gasteiger charge is -2.31. The van der Waals surface area contributed by atoms with Crippen molar-refractivity contribution in [2.45, 2.75) is 37.7 Å². The highest BCUT2D eigenvalue weighted by Crippen LogP contribution is 2.31. The summed E-state index contributed by atoms with van der Waals surface area (Å²) in [6, 6.07) is 8.83. The maximum absolute atomic E-state index is 11.7. The molecule has 0 saturated heterocycles. The number of hydrogen-bond donors (Lipinski definition) is 0. The fraction of sp³-hybridized carbons (Fsp3) is 0.400. The van der Waals surface area contributed by atoms with Crippen molar-refractivity contribution in [1.82, 2.24) is 0 Å². The van der Waals surface area contributed by atoms with Crippen molar-refractivity contribution in [3.63, 3.8) is 0 Å². The van der Waals surface area contributed by atoms with Gasteiger partial charge >= 0.3 is 6.16 Å². The quantitative estimate of drug-likeness (QED) is 0.453. The zero-order valence-electron chi connectivity index (χ0n) is 10.2. The van der Waals surface area contributed by atoms with Crippen LogP contribution < -0.4 is 4.74 Å². The smallest absolute Gasteiger partial charge is 0.414 e. The number of benzene rings is 1. The molecule has 3 nitrogen and oxygen atoms in total. The minimum Gasteiger partial charge on any atom is -0.414 e. The van der Waals surface area contributed by atoms with Crippen molar-refractivity contribution in [2.24, 2.45) is 0 Å². The van der Waals surface area contributed by atoms with Crippen LogP contribution in [0.25, 0.3) is 0 Å². The van der Waals surface area contributed by atoms with E-state index in [2.05, 4.69) is 5.92 Å². The van der Waals surface area contributed by atoms with Crippen LogP contribution in [0.4, 0.5) is 4.79 Å². The summed E-state index contributed by atoms with van der Waals surface area (Å²) in [6.45, 7) is 0. The molecule has 0 amide bonds. The van der Waals surface area contributed by atoms with E-state index in [9.17, 15) is 4.79 Å². The summed E-state index contributed by atoms with van der Waals surface area (Å²) in [5.41, 5.74) is -0.774. The van der Waals surface area contributed by atoms with Crippen LogP contribution in [0.1, 0.15) is 32.1 Å². The number of terminal acetylenes is 1. The SMILES string of the molecule is C#CC1(OC(=O)Oc2ccccc2)CCCCC1. The van der Waals surface area contributed by atoms with Crippen molar-refractivity contribution in [3.8, 4) is 18.1 Å². The second-order valence-electron chi connectivity index (χ2n) is 4.47. The summed E-state index contributed by atoms with van der Waals surface area (Å²) in [5.74, 6) is 3.07. The van der Waals surface area contributed by atoms with E-state index in [1.54, 1.807) is 24.3 Å². The van der Waals surface area contributed by atoms with E-state index in [-0.39, 0.29) is 0 Å². The fourth-order valence-electron chi connectivity index (χ4n) is 2.16. The Morgan fingerprint density at radius 2 is 1.83 bits per heavy atom. The van der Waals surface area contributed by atoms with Gasteiger partial charge in [-0.05, 0) is 37.8 Å². The minimum atomic E-state index is -0.774. The molecule has 18 heavy (non-hydrogen) atoms. The monoisotopic (exact) mass is 244 g/mol. The highest BCUT2D eigenvalue weighted by molar-refractivity contribution is 5.64. The number of carbonyl (C=O) groups excluding carboxylic acids is 1. The highest BCUT2D eigenvalue weighted by Gasteiger charge is 2.34. The summed E-state index contributed by atoms with van der Waals surface area (Å²) in [5, 5.41) is 0. The second kappa shape index (κ2) is 5.59. The number of rotatable bonds is 2. The first kappa shape index (κ1) is 12.5. The van der Waals surface area contributed by atoms with Crippen LogP contribution in [0.2, 0.25) is 0 Å². The first-order valence-corrected chi connectivity index (χ1v) is 6.18. The average molecular weight is 244 g/mol. The maximum atomic E-state index is 11.7. The molecule has 1 aliphatic carbocycles. The van der Waals surface area contributed by atoms with Gasteiger partial charge in [0, 0.05) is 0 Å². The molecular formula is C15H16O3. The minimum absolute atomic E-state index is 0.463. The zero-order valence-corrected chi connectivity index (χ0v) is 10.2. The summed E-state index contributed by atoms with van der Waals surface area (Å²) >= 11 is 0. The predicted molar refractivity (Wildman–Crippen MR) is 68.2 cm³/mol. The number of carbonyl (C=O) groups is 1. The molecule has 3 heteroatoms. The molecule has 0 heterocycles. The lowest BCUT2D eigenvalue weighted by atomic mass is 9.85. The Morgan fingerprint density at radius 3 is 2.44 bits per heavy atom. The molecule has 1 aliphatic rings. The van der Waals surface area contributed by atoms with Crippen LogP contribution >= 0.6 is 0 Å². The van der Waals surface area contributed by atoms with Crippen LogP contribution in [0.3, 0.4) is 0 Å². The Kier molecular flexibility index (Phi) is 3.88. The van der Waals surface area contributed by atoms with E-state index < -0.39 is 11.8 Å². The largest absolute Gasteiger partial charge is 0.515 e. The molecule has 0 radical (unpaired) electrons. The van der Waals surface area contributed by atoms with Crippen molar-refractivity contribution >= 4 is 6.16 Å². The molecule has 0 unspecified atom stereocenters. The van der Waals surface area contributed by atoms with E-state index in [0.717, 1.165) is 19.3 Å². The third kappa shape index (κ3) is 3.04. The molecular weight excluding hydrogens is 228 g/mol. The average Bonchev–Trinajstić information content (AvgIpc) is 2.41. The molecule has 1 saturated carbocycles. The van der Waals surface area contributed by atoms with Crippen LogP contribution in [-0.2, 0) is 4.74 Å². The van der Waals surface area contributed by atoms with Crippen LogP contribution in [-0.4, -0.2) is 11.8 Å². The van der Waals surface area contributed by atoms with Gasteiger partial charge in [-0.15, -0.1) is 6.42 Å². The first-order chi connectivity index (χ1) is 8.74. The second-order valence-corrected chi connectivity index (χ2v) is 4.47. The van der Waals surface area contributed by atoms with Gasteiger partial charge in [-0.25, -0.2) is 4.79 Å². The zero-order chi connectivity index (χ0) is 12.8. The standard InChI is InChI=1S/C15H16O3/c1-2-15(11-7-4-8-12-15)18-14(16)17-13-9-5-3-6-10-13/h1,3,5-6,9-10H,4,7-8,11-12H2. The molecule has 0 spiro atoms. The Labute approximate surface area is 107 Å². The molecule has 2 rings (SSSR count).